The number of nitrogen functional groups attached to an aromatic ring is 2. The molecule has 6 aromatic carbocycles. The molecule has 9 atom stereocenters. The Hall–Kier alpha value is -7.56. The number of ketones is 2. The van der Waals surface area contributed by atoms with E-state index in [2.05, 4.69) is 57.7 Å². The van der Waals surface area contributed by atoms with Crippen LogP contribution in [0, 0.1) is 17.8 Å². The maximum absolute atomic E-state index is 12.7. The van der Waals surface area contributed by atoms with E-state index in [1.54, 1.807) is 68.4 Å². The van der Waals surface area contributed by atoms with Crippen molar-refractivity contribution >= 4 is 93.0 Å². The summed E-state index contributed by atoms with van der Waals surface area (Å²) >= 11 is 17.8. The fourth-order valence-electron chi connectivity index (χ4n) is 11.5. The highest BCUT2D eigenvalue weighted by Gasteiger charge is 2.34. The maximum atomic E-state index is 12.7. The quantitative estimate of drug-likeness (QED) is 0.0333. The lowest BCUT2D eigenvalue weighted by atomic mass is 9.96. The van der Waals surface area contributed by atoms with Crippen LogP contribution in [0.1, 0.15) is 149 Å². The number of anilines is 3. The molecule has 88 heavy (non-hydrogen) atoms. The number of Topliss-reactive ketones (excluding diaryl/α,β-unsaturated/α-hetero) is 2. The third-order valence-electron chi connectivity index (χ3n) is 16.7. The van der Waals surface area contributed by atoms with E-state index in [-0.39, 0.29) is 59.4 Å². The third-order valence-corrected chi connectivity index (χ3v) is 17.4. The third kappa shape index (κ3) is 21.9. The molecule has 3 fully saturated rings. The van der Waals surface area contributed by atoms with Crippen molar-refractivity contribution in [2.75, 3.05) is 16.8 Å². The molecule has 0 bridgehead atoms. The Kier molecular flexibility index (Phi) is 27.5. The molecule has 6 aromatic rings. The van der Waals surface area contributed by atoms with E-state index >= 15 is 0 Å². The molecule has 15 nitrogen and oxygen atoms in total. The monoisotopic (exact) mass is 1260 g/mol. The van der Waals surface area contributed by atoms with E-state index in [0.29, 0.717) is 75.7 Å². The first-order valence-corrected chi connectivity index (χ1v) is 31.4. The molecule has 4 amide bonds. The normalized spacial score (nSPS) is 19.3. The first-order chi connectivity index (χ1) is 42.1. The molecule has 0 aromatic heterocycles. The van der Waals surface area contributed by atoms with Gasteiger partial charge >= 0.3 is 5.97 Å². The van der Waals surface area contributed by atoms with Crippen molar-refractivity contribution in [1.82, 2.24) is 16.0 Å². The van der Waals surface area contributed by atoms with E-state index in [4.69, 9.17) is 57.1 Å². The second kappa shape index (κ2) is 34.8. The Balaban J connectivity index is 0.000000199. The van der Waals surface area contributed by atoms with E-state index < -0.39 is 24.1 Å². The number of halogens is 3. The van der Waals surface area contributed by atoms with Crippen LogP contribution in [0.4, 0.5) is 17.1 Å². The molecular formula is C70H84Cl3N7O8. The highest BCUT2D eigenvalue weighted by Crippen LogP contribution is 2.40. The molecule has 0 unspecified atom stereocenters. The van der Waals surface area contributed by atoms with Crippen LogP contribution in [-0.2, 0) is 52.9 Å². The van der Waals surface area contributed by atoms with Gasteiger partial charge < -0.3 is 43.6 Å². The highest BCUT2D eigenvalue weighted by molar-refractivity contribution is 6.31. The molecule has 468 valence electrons. The van der Waals surface area contributed by atoms with Gasteiger partial charge in [-0.25, -0.2) is 0 Å². The number of carboxylic acids is 1. The molecule has 11 N–H and O–H groups in total. The Bertz CT molecular complexity index is 3300. The number of aryl methyl sites for hydroxylation is 2. The number of hydrogen-bond acceptors (Lipinski definition) is 10. The molecule has 3 aliphatic carbocycles. The van der Waals surface area contributed by atoms with E-state index in [1.807, 2.05) is 54.6 Å². The zero-order valence-corrected chi connectivity index (χ0v) is 52.9. The fourth-order valence-corrected chi connectivity index (χ4v) is 12.1. The summed E-state index contributed by atoms with van der Waals surface area (Å²) in [5, 5.41) is 21.7. The number of aliphatic carboxylic acids is 1. The minimum absolute atomic E-state index is 0.00494. The Morgan fingerprint density at radius 3 is 1.18 bits per heavy atom. The summed E-state index contributed by atoms with van der Waals surface area (Å²) in [4.78, 5) is 84.5. The van der Waals surface area contributed by atoms with Crippen LogP contribution in [0.25, 0.3) is 0 Å². The van der Waals surface area contributed by atoms with Crippen LogP contribution in [0.5, 0.6) is 0 Å². The molecule has 0 radical (unpaired) electrons. The van der Waals surface area contributed by atoms with Crippen molar-refractivity contribution in [2.45, 2.75) is 154 Å². The van der Waals surface area contributed by atoms with Gasteiger partial charge in [0, 0.05) is 76.2 Å². The summed E-state index contributed by atoms with van der Waals surface area (Å²) in [6, 6.07) is 44.7. The van der Waals surface area contributed by atoms with Crippen LogP contribution in [0.3, 0.4) is 0 Å². The number of rotatable bonds is 20. The van der Waals surface area contributed by atoms with Crippen LogP contribution >= 0.6 is 34.8 Å². The fraction of sp³-hybridized carbons (Fsp3) is 0.386. The topological polar surface area (TPSA) is 266 Å². The predicted octanol–water partition coefficient (Wildman–Crippen LogP) is 12.9. The van der Waals surface area contributed by atoms with Crippen LogP contribution in [-0.4, -0.2) is 64.4 Å². The van der Waals surface area contributed by atoms with Gasteiger partial charge in [0.2, 0.25) is 23.6 Å². The average molecular weight is 1260 g/mol. The summed E-state index contributed by atoms with van der Waals surface area (Å²) in [7, 11) is 0. The van der Waals surface area contributed by atoms with Crippen molar-refractivity contribution in [3.8, 4) is 0 Å². The van der Waals surface area contributed by atoms with Gasteiger partial charge in [-0.05, 0) is 197 Å². The average Bonchev–Trinajstić information content (AvgIpc) is 4.54. The first-order valence-electron chi connectivity index (χ1n) is 30.3. The summed E-state index contributed by atoms with van der Waals surface area (Å²) < 4.78 is 0. The summed E-state index contributed by atoms with van der Waals surface area (Å²) in [6.45, 7) is 6.85. The Morgan fingerprint density at radius 2 is 0.818 bits per heavy atom. The highest BCUT2D eigenvalue weighted by atomic mass is 35.5. The Morgan fingerprint density at radius 1 is 0.477 bits per heavy atom. The molecule has 0 saturated heterocycles. The van der Waals surface area contributed by atoms with E-state index in [1.165, 1.54) is 30.5 Å². The first kappa shape index (κ1) is 69.5. The number of nitrogens with one attached hydrogen (secondary N) is 4. The molecule has 3 aliphatic rings. The molecule has 18 heteroatoms. The van der Waals surface area contributed by atoms with Crippen LogP contribution in [0.2, 0.25) is 15.1 Å². The summed E-state index contributed by atoms with van der Waals surface area (Å²) in [5.41, 5.74) is 25.3. The number of carbonyl (C=O) groups excluding carboxylic acids is 6. The van der Waals surface area contributed by atoms with Gasteiger partial charge in [0.15, 0.2) is 11.6 Å². The van der Waals surface area contributed by atoms with Gasteiger partial charge in [-0.15, -0.1) is 0 Å². The molecule has 0 spiro atoms. The standard InChI is InChI=1S/C25H29ClN2O3.C23H27ClN2O2.C15H19NO3.C7H9ClN2/c1-16(24(30)13-10-20-15-22(26)11-12-23(20)28-17(2)29)27-25(31)21-9-8-19(14-21)18-6-4-3-5-7-18;1-15(22(27)12-9-18-14-20(24)10-11-21(18)25)26-23(28)19-8-7-17(13-19)16-5-3-2-4-6-16;1-10(15(18)19)16-14(17)13-8-7-12(9-13)11-5-3-2-4-6-11;8-6-1-2-7(10)5(3-6)4-9/h3-7,11-12,15-16,19,21H,8-10,13-14H2,1-2H3,(H,27,31)(H,28,29);2-6,10-11,14-15,17,19H,7-9,12-13,25H2,1H3,(H,26,28);2-6,10,12-13H,7-9H2,1H3,(H,16,17)(H,18,19);1-3H,4,9-10H2/t16-,19+,21+;15-,17+,19+;10-,12+,13+;/m000./s1. The van der Waals surface area contributed by atoms with Gasteiger partial charge in [-0.2, -0.15) is 0 Å². The van der Waals surface area contributed by atoms with Crippen molar-refractivity contribution < 1.29 is 38.7 Å². The Labute approximate surface area is 532 Å². The zero-order chi connectivity index (χ0) is 63.9. The second-order valence-corrected chi connectivity index (χ2v) is 24.5. The van der Waals surface area contributed by atoms with Crippen molar-refractivity contribution in [3.05, 3.63) is 194 Å². The number of amides is 4. The van der Waals surface area contributed by atoms with Crippen molar-refractivity contribution in [2.24, 2.45) is 23.5 Å². The van der Waals surface area contributed by atoms with Gasteiger partial charge in [0.05, 0.1) is 12.1 Å². The lowest BCUT2D eigenvalue weighted by molar-refractivity contribution is -0.141. The van der Waals surface area contributed by atoms with E-state index in [9.17, 15) is 33.6 Å². The molecular weight excluding hydrogens is 1170 g/mol. The van der Waals surface area contributed by atoms with Gasteiger partial charge in [0.25, 0.3) is 0 Å². The molecule has 3 saturated carbocycles. The number of benzene rings is 6. The lowest BCUT2D eigenvalue weighted by Crippen LogP contribution is -2.41. The maximum Gasteiger partial charge on any atom is 0.325 e. The SMILES string of the molecule is CC(=O)Nc1ccc(Cl)cc1CCC(=O)[C@H](C)NC(=O)[C@@H]1CC[C@@H](c2ccccc2)C1.C[C@H](NC(=O)[C@@H]1CC[C@@H](c2ccccc2)C1)C(=O)CCc1cc(Cl)ccc1N.C[C@H](NC(=O)[C@@H]1CC[C@@H](c2ccccc2)C1)C(=O)O.NCc1cc(Cl)ccc1N. The second-order valence-electron chi connectivity index (χ2n) is 23.2. The minimum atomic E-state index is -0.994. The van der Waals surface area contributed by atoms with Gasteiger partial charge in [-0.1, -0.05) is 126 Å². The molecule has 0 aliphatic heterocycles. The van der Waals surface area contributed by atoms with Crippen LogP contribution in [0.15, 0.2) is 146 Å². The number of nitrogens with two attached hydrogens (primary N) is 3. The van der Waals surface area contributed by atoms with Crippen molar-refractivity contribution in [3.63, 3.8) is 0 Å². The summed E-state index contributed by atoms with van der Waals surface area (Å²) in [6.07, 6.45) is 9.54. The predicted molar refractivity (Wildman–Crippen MR) is 352 cm³/mol. The zero-order valence-electron chi connectivity index (χ0n) is 50.6. The number of carbonyl (C=O) groups is 7. The molecule has 0 heterocycles. The minimum Gasteiger partial charge on any atom is -0.480 e. The molecule has 9 rings (SSSR count). The lowest BCUT2D eigenvalue weighted by Gasteiger charge is -2.17. The van der Waals surface area contributed by atoms with Gasteiger partial charge in [-0.3, -0.25) is 33.6 Å². The number of hydrogen-bond donors (Lipinski definition) is 8. The smallest absolute Gasteiger partial charge is 0.325 e. The van der Waals surface area contributed by atoms with E-state index in [0.717, 1.165) is 74.5 Å². The van der Waals surface area contributed by atoms with Crippen LogP contribution < -0.4 is 38.5 Å². The summed E-state index contributed by atoms with van der Waals surface area (Å²) in [5.74, 6) is -0.299. The van der Waals surface area contributed by atoms with Gasteiger partial charge in [0.1, 0.15) is 6.04 Å². The largest absolute Gasteiger partial charge is 0.480 e. The number of carboxylic acid groups (broad SMARTS) is 1. The van der Waals surface area contributed by atoms with Crippen molar-refractivity contribution in [1.29, 1.82) is 0 Å².